The Kier molecular flexibility index (Phi) is 3.47. The molecule has 1 aromatic heterocycles. The Morgan fingerprint density at radius 1 is 1.15 bits per heavy atom. The molecule has 0 bridgehead atoms. The third-order valence-electron chi connectivity index (χ3n) is 3.24. The van der Waals surface area contributed by atoms with Gasteiger partial charge in [0.2, 0.25) is 0 Å². The molecule has 5 heteroatoms. The zero-order valence-corrected chi connectivity index (χ0v) is 13.7. The van der Waals surface area contributed by atoms with Crippen LogP contribution in [0, 0.1) is 15.3 Å². The topological polar surface area (TPSA) is 37.8 Å². The first-order valence-corrected chi connectivity index (χ1v) is 7.58. The van der Waals surface area contributed by atoms with Gasteiger partial charge in [-0.05, 0) is 65.5 Å². The van der Waals surface area contributed by atoms with E-state index < -0.39 is 0 Å². The number of nitrogens with zero attached hydrogens (tertiary/aromatic N) is 1. The maximum atomic E-state index is 12.7. The number of H-pyrrole nitrogens is 1. The number of rotatable bonds is 1. The molecule has 0 amide bonds. The molecule has 0 aliphatic rings. The highest BCUT2D eigenvalue weighted by Crippen LogP contribution is 2.18. The summed E-state index contributed by atoms with van der Waals surface area (Å²) >= 11 is 7.57. The number of hydrogen-bond donors (Lipinski definition) is 1. The fourth-order valence-electron chi connectivity index (χ4n) is 2.24. The summed E-state index contributed by atoms with van der Waals surface area (Å²) < 4.78 is 2.96. The van der Waals surface area contributed by atoms with E-state index in [2.05, 4.69) is 27.6 Å². The van der Waals surface area contributed by atoms with E-state index >= 15 is 0 Å². The third-order valence-corrected chi connectivity index (χ3v) is 4.42. The highest BCUT2D eigenvalue weighted by molar-refractivity contribution is 14.1. The molecule has 0 saturated heterocycles. The van der Waals surface area contributed by atoms with E-state index in [0.717, 1.165) is 20.3 Å². The zero-order valence-electron chi connectivity index (χ0n) is 10.7. The van der Waals surface area contributed by atoms with Crippen molar-refractivity contribution in [1.82, 2.24) is 9.55 Å². The number of nitrogens with one attached hydrogen (secondary N) is 1. The van der Waals surface area contributed by atoms with E-state index in [1.807, 2.05) is 49.4 Å². The van der Waals surface area contributed by atoms with Gasteiger partial charge in [0.25, 0.3) is 5.56 Å². The van der Waals surface area contributed by atoms with Crippen LogP contribution in [0.2, 0.25) is 0 Å². The van der Waals surface area contributed by atoms with Crippen molar-refractivity contribution in [2.24, 2.45) is 0 Å². The maximum Gasteiger partial charge on any atom is 0.266 e. The summed E-state index contributed by atoms with van der Waals surface area (Å²) in [5.41, 5.74) is 2.54. The lowest BCUT2D eigenvalue weighted by molar-refractivity contribution is 0.930. The lowest BCUT2D eigenvalue weighted by Gasteiger charge is -2.11. The third kappa shape index (κ3) is 2.10. The van der Waals surface area contributed by atoms with Crippen LogP contribution >= 0.6 is 34.8 Å². The second-order valence-electron chi connectivity index (χ2n) is 4.52. The molecule has 3 nitrogen and oxygen atoms in total. The summed E-state index contributed by atoms with van der Waals surface area (Å²) in [5, 5.41) is 0.647. The second kappa shape index (κ2) is 5.14. The van der Waals surface area contributed by atoms with Gasteiger partial charge >= 0.3 is 0 Å². The maximum absolute atomic E-state index is 12.7. The molecule has 0 spiro atoms. The smallest absolute Gasteiger partial charge is 0.266 e. The van der Waals surface area contributed by atoms with E-state index in [1.165, 1.54) is 0 Å². The van der Waals surface area contributed by atoms with Gasteiger partial charge < -0.3 is 4.98 Å². The first kappa shape index (κ1) is 13.5. The summed E-state index contributed by atoms with van der Waals surface area (Å²) in [5.74, 6) is 0. The summed E-state index contributed by atoms with van der Waals surface area (Å²) in [4.78, 5) is 15.9. The molecule has 0 fully saturated rings. The van der Waals surface area contributed by atoms with E-state index in [0.29, 0.717) is 10.2 Å². The van der Waals surface area contributed by atoms with Crippen molar-refractivity contribution < 1.29 is 0 Å². The number of benzene rings is 2. The molecule has 0 radical (unpaired) electrons. The van der Waals surface area contributed by atoms with Crippen LogP contribution < -0.4 is 5.56 Å². The van der Waals surface area contributed by atoms with Crippen molar-refractivity contribution in [2.75, 3.05) is 0 Å². The standard InChI is InChI=1S/C15H11IN2OS/c1-9-5-2-3-8-12(9)18-14(19)10-6-4-7-11(16)13(10)17-15(18)20/h2-8H,1H3,(H,17,20). The number of hydrogen-bond acceptors (Lipinski definition) is 2. The van der Waals surface area contributed by atoms with E-state index in [9.17, 15) is 4.79 Å². The van der Waals surface area contributed by atoms with E-state index in [-0.39, 0.29) is 5.56 Å². The Morgan fingerprint density at radius 2 is 1.90 bits per heavy atom. The van der Waals surface area contributed by atoms with Crippen LogP contribution in [-0.4, -0.2) is 9.55 Å². The minimum Gasteiger partial charge on any atom is -0.330 e. The van der Waals surface area contributed by atoms with E-state index in [1.54, 1.807) is 4.57 Å². The summed E-state index contributed by atoms with van der Waals surface area (Å²) in [6.45, 7) is 1.97. The average Bonchev–Trinajstić information content (AvgIpc) is 2.42. The predicted octanol–water partition coefficient (Wildman–Crippen LogP) is 3.96. The SMILES string of the molecule is Cc1ccccc1-n1c(=S)[nH]c2c(I)cccc2c1=O. The molecule has 2 aromatic carbocycles. The normalized spacial score (nSPS) is 10.9. The van der Waals surface area contributed by atoms with Gasteiger partial charge in [0.05, 0.1) is 16.6 Å². The molecule has 0 aliphatic carbocycles. The molecule has 1 heterocycles. The quantitative estimate of drug-likeness (QED) is 0.501. The molecular weight excluding hydrogens is 383 g/mol. The van der Waals surface area contributed by atoms with Crippen LogP contribution in [0.5, 0.6) is 0 Å². The van der Waals surface area contributed by atoms with Gasteiger partial charge in [-0.15, -0.1) is 0 Å². The predicted molar refractivity (Wildman–Crippen MR) is 92.2 cm³/mol. The van der Waals surface area contributed by atoms with Gasteiger partial charge in [0, 0.05) is 3.57 Å². The minimum atomic E-state index is -0.0865. The Hall–Kier alpha value is -1.47. The van der Waals surface area contributed by atoms with Gasteiger partial charge in [-0.3, -0.25) is 9.36 Å². The Bertz CT molecular complexity index is 927. The number of fused-ring (bicyclic) bond motifs is 1. The number of aromatic amines is 1. The molecule has 0 unspecified atom stereocenters. The van der Waals surface area contributed by atoms with Crippen molar-refractivity contribution in [3.63, 3.8) is 0 Å². The molecule has 0 atom stereocenters. The van der Waals surface area contributed by atoms with E-state index in [4.69, 9.17) is 12.2 Å². The lowest BCUT2D eigenvalue weighted by Crippen LogP contribution is -2.21. The molecule has 1 N–H and O–H groups in total. The number of para-hydroxylation sites is 2. The van der Waals surface area contributed by atoms with Crippen molar-refractivity contribution in [3.8, 4) is 5.69 Å². The van der Waals surface area contributed by atoms with Gasteiger partial charge in [-0.2, -0.15) is 0 Å². The van der Waals surface area contributed by atoms with Crippen LogP contribution in [0.1, 0.15) is 5.56 Å². The molecule has 100 valence electrons. The molecule has 3 rings (SSSR count). The van der Waals surface area contributed by atoms with Gasteiger partial charge in [-0.25, -0.2) is 0 Å². The fourth-order valence-corrected chi connectivity index (χ4v) is 3.15. The first-order chi connectivity index (χ1) is 9.59. The molecule has 20 heavy (non-hydrogen) atoms. The zero-order chi connectivity index (χ0) is 14.3. The van der Waals surface area contributed by atoms with Crippen LogP contribution in [0.25, 0.3) is 16.6 Å². The monoisotopic (exact) mass is 394 g/mol. The van der Waals surface area contributed by atoms with Crippen molar-refractivity contribution in [3.05, 3.63) is 66.7 Å². The van der Waals surface area contributed by atoms with Crippen molar-refractivity contribution in [2.45, 2.75) is 6.92 Å². The molecule has 0 saturated carbocycles. The summed E-state index contributed by atoms with van der Waals surface area (Å²) in [7, 11) is 0. The van der Waals surface area contributed by atoms with Crippen molar-refractivity contribution in [1.29, 1.82) is 0 Å². The molecule has 0 aliphatic heterocycles. The highest BCUT2D eigenvalue weighted by Gasteiger charge is 2.10. The molecule has 3 aromatic rings. The van der Waals surface area contributed by atoms with Gasteiger partial charge in [0.15, 0.2) is 4.77 Å². The number of halogens is 1. The van der Waals surface area contributed by atoms with Crippen molar-refractivity contribution >= 4 is 45.7 Å². The van der Waals surface area contributed by atoms with Crippen LogP contribution in [0.15, 0.2) is 47.3 Å². The minimum absolute atomic E-state index is 0.0865. The number of aromatic nitrogens is 2. The largest absolute Gasteiger partial charge is 0.330 e. The number of aryl methyl sites for hydroxylation is 1. The van der Waals surface area contributed by atoms with Gasteiger partial charge in [0.1, 0.15) is 0 Å². The Morgan fingerprint density at radius 3 is 2.65 bits per heavy atom. The Balaban J connectivity index is 2.48. The summed E-state index contributed by atoms with van der Waals surface area (Å²) in [6, 6.07) is 13.4. The van der Waals surface area contributed by atoms with Crippen LogP contribution in [-0.2, 0) is 0 Å². The lowest BCUT2D eigenvalue weighted by atomic mass is 10.2. The van der Waals surface area contributed by atoms with Gasteiger partial charge in [-0.1, -0.05) is 24.3 Å². The molecular formula is C15H11IN2OS. The van der Waals surface area contributed by atoms with Crippen LogP contribution in [0.3, 0.4) is 0 Å². The fraction of sp³-hybridized carbons (Fsp3) is 0.0667. The highest BCUT2D eigenvalue weighted by atomic mass is 127. The second-order valence-corrected chi connectivity index (χ2v) is 6.07. The Labute approximate surface area is 134 Å². The first-order valence-electron chi connectivity index (χ1n) is 6.09. The average molecular weight is 394 g/mol. The summed E-state index contributed by atoms with van der Waals surface area (Å²) in [6.07, 6.45) is 0. The van der Waals surface area contributed by atoms with Crippen LogP contribution in [0.4, 0.5) is 0 Å².